The molecule has 0 amide bonds. The Hall–Kier alpha value is -2.52. The van der Waals surface area contributed by atoms with Crippen LogP contribution in [0.3, 0.4) is 0 Å². The first-order chi connectivity index (χ1) is 14.9. The van der Waals surface area contributed by atoms with Crippen molar-refractivity contribution < 1.29 is 38.7 Å². The first kappa shape index (κ1) is 21.7. The van der Waals surface area contributed by atoms with Crippen LogP contribution < -0.4 is 18.9 Å². The Morgan fingerprint density at radius 3 is 1.61 bits per heavy atom. The van der Waals surface area contributed by atoms with Gasteiger partial charge in [-0.15, -0.1) is 0 Å². The van der Waals surface area contributed by atoms with E-state index in [-0.39, 0.29) is 72.3 Å². The van der Waals surface area contributed by atoms with Gasteiger partial charge >= 0.3 is 11.9 Å². The Morgan fingerprint density at radius 1 is 0.806 bits per heavy atom. The fourth-order valence-electron chi connectivity index (χ4n) is 3.92. The molecule has 2 heterocycles. The molecule has 2 N–H and O–H groups in total. The number of hydrogen-bond donors (Lipinski definition) is 2. The summed E-state index contributed by atoms with van der Waals surface area (Å²) < 4.78 is 21.6. The summed E-state index contributed by atoms with van der Waals surface area (Å²) >= 11 is 12.8. The van der Waals surface area contributed by atoms with E-state index in [4.69, 9.17) is 52.4 Å². The second-order valence-electron chi connectivity index (χ2n) is 7.09. The molecule has 2 aromatic carbocycles. The average Bonchev–Trinajstić information content (AvgIpc) is 2.72. The van der Waals surface area contributed by atoms with Crippen LogP contribution in [0.2, 0.25) is 10.0 Å². The predicted octanol–water partition coefficient (Wildman–Crippen LogP) is 2.64. The molecule has 0 saturated heterocycles. The van der Waals surface area contributed by atoms with Crippen LogP contribution in [-0.2, 0) is 15.0 Å². The zero-order valence-corrected chi connectivity index (χ0v) is 17.7. The number of aliphatic hydroxyl groups excluding tert-OH is 2. The Bertz CT molecular complexity index is 969. The molecule has 0 aliphatic carbocycles. The van der Waals surface area contributed by atoms with Crippen LogP contribution in [0.1, 0.15) is 24.0 Å². The first-order valence-corrected chi connectivity index (χ1v) is 10.2. The number of rotatable bonds is 6. The lowest BCUT2D eigenvalue weighted by atomic mass is 9.67. The number of fused-ring (bicyclic) bond motifs is 4. The molecular weight excluding hydrogens is 451 g/mol. The molecule has 4 rings (SSSR count). The standard InChI is InChI=1S/C21H18Cl2O8/c22-13-5-11-15(7-17(13)28-3-1-24)30-19(26)9-21(11)10-20(27)31-16-8-18(29-4-2-25)14(23)6-12(16)21/h5-8,24-25H,1-4,9-10H2. The fraction of sp³-hybridized carbons (Fsp3) is 0.333. The number of esters is 2. The third-order valence-corrected chi connectivity index (χ3v) is 5.73. The largest absolute Gasteiger partial charge is 0.489 e. The molecule has 10 heteroatoms. The van der Waals surface area contributed by atoms with Crippen LogP contribution in [0.15, 0.2) is 24.3 Å². The summed E-state index contributed by atoms with van der Waals surface area (Å²) in [6.07, 6.45) is -0.245. The summed E-state index contributed by atoms with van der Waals surface area (Å²) in [6, 6.07) is 6.10. The van der Waals surface area contributed by atoms with Crippen molar-refractivity contribution >= 4 is 35.1 Å². The van der Waals surface area contributed by atoms with Gasteiger partial charge < -0.3 is 29.2 Å². The molecule has 2 aliphatic heterocycles. The normalized spacial score (nSPS) is 16.3. The van der Waals surface area contributed by atoms with E-state index in [0.29, 0.717) is 11.1 Å². The highest BCUT2D eigenvalue weighted by Gasteiger charge is 2.50. The molecule has 0 bridgehead atoms. The van der Waals surface area contributed by atoms with Crippen LogP contribution in [0.4, 0.5) is 0 Å². The zero-order valence-electron chi connectivity index (χ0n) is 16.2. The molecule has 0 aromatic heterocycles. The van der Waals surface area contributed by atoms with Gasteiger partial charge in [0.1, 0.15) is 36.2 Å². The molecule has 8 nitrogen and oxygen atoms in total. The zero-order chi connectivity index (χ0) is 22.2. The lowest BCUT2D eigenvalue weighted by molar-refractivity contribution is -0.140. The van der Waals surface area contributed by atoms with Gasteiger partial charge in [-0.25, -0.2) is 0 Å². The highest BCUT2D eigenvalue weighted by molar-refractivity contribution is 6.32. The van der Waals surface area contributed by atoms with Gasteiger partial charge in [-0.3, -0.25) is 9.59 Å². The Labute approximate surface area is 187 Å². The Kier molecular flexibility index (Phi) is 5.98. The molecule has 0 saturated carbocycles. The van der Waals surface area contributed by atoms with Crippen molar-refractivity contribution in [1.29, 1.82) is 0 Å². The topological polar surface area (TPSA) is 112 Å². The Balaban J connectivity index is 1.88. The van der Waals surface area contributed by atoms with E-state index in [1.165, 1.54) is 12.1 Å². The van der Waals surface area contributed by atoms with Crippen molar-refractivity contribution in [2.75, 3.05) is 26.4 Å². The number of halogens is 2. The maximum Gasteiger partial charge on any atom is 0.312 e. The quantitative estimate of drug-likeness (QED) is 0.491. The minimum Gasteiger partial charge on any atom is -0.489 e. The monoisotopic (exact) mass is 468 g/mol. The molecular formula is C21H18Cl2O8. The summed E-state index contributed by atoms with van der Waals surface area (Å²) in [7, 11) is 0. The molecule has 0 atom stereocenters. The second kappa shape index (κ2) is 8.55. The molecule has 0 radical (unpaired) electrons. The maximum absolute atomic E-state index is 12.5. The van der Waals surface area contributed by atoms with Crippen molar-refractivity contribution in [2.45, 2.75) is 18.3 Å². The molecule has 2 aliphatic rings. The van der Waals surface area contributed by atoms with Gasteiger partial charge in [0.25, 0.3) is 0 Å². The number of carbonyl (C=O) groups excluding carboxylic acids is 2. The molecule has 0 unspecified atom stereocenters. The third-order valence-electron chi connectivity index (χ3n) is 5.14. The van der Waals surface area contributed by atoms with E-state index < -0.39 is 17.4 Å². The van der Waals surface area contributed by atoms with Gasteiger partial charge in [-0.2, -0.15) is 0 Å². The second-order valence-corrected chi connectivity index (χ2v) is 7.90. The van der Waals surface area contributed by atoms with Crippen LogP contribution in [0, 0.1) is 0 Å². The van der Waals surface area contributed by atoms with Gasteiger partial charge in [0.15, 0.2) is 0 Å². The summed E-state index contributed by atoms with van der Waals surface area (Å²) in [5, 5.41) is 18.5. The van der Waals surface area contributed by atoms with E-state index in [1.807, 2.05) is 0 Å². The number of carbonyl (C=O) groups is 2. The summed E-state index contributed by atoms with van der Waals surface area (Å²) in [4.78, 5) is 25.1. The van der Waals surface area contributed by atoms with E-state index in [2.05, 4.69) is 0 Å². The van der Waals surface area contributed by atoms with Crippen molar-refractivity contribution in [3.8, 4) is 23.0 Å². The van der Waals surface area contributed by atoms with Crippen molar-refractivity contribution in [2.24, 2.45) is 0 Å². The predicted molar refractivity (Wildman–Crippen MR) is 109 cm³/mol. The van der Waals surface area contributed by atoms with Crippen molar-refractivity contribution in [1.82, 2.24) is 0 Å². The molecule has 0 fully saturated rings. The SMILES string of the molecule is O=C1CC2(CC(=O)Oc3cc(OCCO)c(Cl)cc32)c2cc(Cl)c(OCCO)cc2O1. The van der Waals surface area contributed by atoms with E-state index in [1.54, 1.807) is 12.1 Å². The number of benzene rings is 2. The highest BCUT2D eigenvalue weighted by Crippen LogP contribution is 2.54. The maximum atomic E-state index is 12.5. The molecule has 31 heavy (non-hydrogen) atoms. The van der Waals surface area contributed by atoms with Crippen LogP contribution in [0.5, 0.6) is 23.0 Å². The molecule has 164 valence electrons. The van der Waals surface area contributed by atoms with Gasteiger partial charge in [0.2, 0.25) is 0 Å². The van der Waals surface area contributed by atoms with E-state index in [9.17, 15) is 9.59 Å². The fourth-order valence-corrected chi connectivity index (χ4v) is 4.35. The number of hydrogen-bond acceptors (Lipinski definition) is 8. The number of ether oxygens (including phenoxy) is 4. The van der Waals surface area contributed by atoms with Gasteiger partial charge in [-0.05, 0) is 12.1 Å². The van der Waals surface area contributed by atoms with Crippen LogP contribution in [-0.4, -0.2) is 48.6 Å². The molecule has 2 aromatic rings. The third kappa shape index (κ3) is 3.92. The van der Waals surface area contributed by atoms with E-state index in [0.717, 1.165) is 0 Å². The Morgan fingerprint density at radius 2 is 1.23 bits per heavy atom. The lowest BCUT2D eigenvalue weighted by Gasteiger charge is -2.41. The lowest BCUT2D eigenvalue weighted by Crippen LogP contribution is -2.42. The highest BCUT2D eigenvalue weighted by atomic mass is 35.5. The minimum atomic E-state index is -1.10. The summed E-state index contributed by atoms with van der Waals surface area (Å²) in [5.41, 5.74) is -0.0638. The van der Waals surface area contributed by atoms with Crippen LogP contribution in [0.25, 0.3) is 0 Å². The minimum absolute atomic E-state index is 0.0129. The van der Waals surface area contributed by atoms with Crippen molar-refractivity contribution in [3.63, 3.8) is 0 Å². The smallest absolute Gasteiger partial charge is 0.312 e. The number of aliphatic hydroxyl groups is 2. The van der Waals surface area contributed by atoms with E-state index >= 15 is 0 Å². The molecule has 1 spiro atoms. The summed E-state index contributed by atoms with van der Waals surface area (Å²) in [5.74, 6) is -0.204. The van der Waals surface area contributed by atoms with Crippen molar-refractivity contribution in [3.05, 3.63) is 45.4 Å². The van der Waals surface area contributed by atoms with Crippen LogP contribution >= 0.6 is 23.2 Å². The van der Waals surface area contributed by atoms with Gasteiger partial charge in [0, 0.05) is 28.7 Å². The summed E-state index contributed by atoms with van der Waals surface area (Å²) in [6.45, 7) is -0.400. The first-order valence-electron chi connectivity index (χ1n) is 9.44. The average molecular weight is 469 g/mol. The van der Waals surface area contributed by atoms with Gasteiger partial charge in [-0.1, -0.05) is 23.2 Å². The van der Waals surface area contributed by atoms with Gasteiger partial charge in [0.05, 0.1) is 36.1 Å².